The van der Waals surface area contributed by atoms with Crippen molar-refractivity contribution >= 4 is 23.4 Å². The number of aryl methyl sites for hydroxylation is 2. The van der Waals surface area contributed by atoms with E-state index in [9.17, 15) is 9.59 Å². The minimum atomic E-state index is -0.588. The molecule has 2 amide bonds. The van der Waals surface area contributed by atoms with Gasteiger partial charge in [-0.1, -0.05) is 48.0 Å². The Labute approximate surface area is 160 Å². The zero-order valence-corrected chi connectivity index (χ0v) is 16.4. The molecule has 0 saturated carbocycles. The van der Waals surface area contributed by atoms with Crippen LogP contribution >= 0.6 is 11.6 Å². The second-order valence-electron chi connectivity index (χ2n) is 6.50. The highest BCUT2D eigenvalue weighted by atomic mass is 35.5. The predicted molar refractivity (Wildman–Crippen MR) is 105 cm³/mol. The number of likely N-dealkylation sites (N-methyl/N-ethyl adjacent to an activating group) is 1. The molecule has 2 aromatic carbocycles. The Morgan fingerprint density at radius 1 is 1.12 bits per heavy atom. The molecule has 0 fully saturated rings. The first-order valence-corrected chi connectivity index (χ1v) is 9.02. The number of nitrogens with zero attached hydrogens (tertiary/aromatic N) is 1. The molecule has 0 bridgehead atoms. The lowest BCUT2D eigenvalue weighted by Gasteiger charge is -2.29. The van der Waals surface area contributed by atoms with Crippen LogP contribution in [0.25, 0.3) is 0 Å². The van der Waals surface area contributed by atoms with Crippen molar-refractivity contribution in [2.24, 2.45) is 0 Å². The molecule has 0 spiro atoms. The number of hydrogen-bond donors (Lipinski definition) is 1. The van der Waals surface area contributed by atoms with E-state index >= 15 is 0 Å². The maximum atomic E-state index is 13.0. The predicted octanol–water partition coefficient (Wildman–Crippen LogP) is 3.66. The third-order valence-corrected chi connectivity index (χ3v) is 5.01. The van der Waals surface area contributed by atoms with E-state index in [1.165, 1.54) is 5.56 Å². The van der Waals surface area contributed by atoms with E-state index < -0.39 is 6.04 Å². The van der Waals surface area contributed by atoms with Gasteiger partial charge in [-0.25, -0.2) is 0 Å². The van der Waals surface area contributed by atoms with E-state index in [4.69, 9.17) is 11.6 Å². The smallest absolute Gasteiger partial charge is 0.242 e. The summed E-state index contributed by atoms with van der Waals surface area (Å²) in [7, 11) is 1.57. The number of rotatable bonds is 6. The summed E-state index contributed by atoms with van der Waals surface area (Å²) < 4.78 is 0. The Hall–Kier alpha value is -2.33. The molecule has 4 nitrogen and oxygen atoms in total. The van der Waals surface area contributed by atoms with Crippen LogP contribution in [0.5, 0.6) is 0 Å². The van der Waals surface area contributed by atoms with E-state index in [0.29, 0.717) is 5.02 Å². The summed E-state index contributed by atoms with van der Waals surface area (Å²) in [6.07, 6.45) is 0.243. The zero-order valence-electron chi connectivity index (χ0n) is 15.7. The summed E-state index contributed by atoms with van der Waals surface area (Å²) in [5.74, 6) is -0.310. The average Bonchev–Trinajstić information content (AvgIpc) is 2.62. The number of nitrogens with one attached hydrogen (secondary N) is 1. The van der Waals surface area contributed by atoms with Crippen molar-refractivity contribution in [3.8, 4) is 0 Å². The summed E-state index contributed by atoms with van der Waals surface area (Å²) in [6.45, 7) is 6.09. The minimum Gasteiger partial charge on any atom is -0.357 e. The van der Waals surface area contributed by atoms with Crippen LogP contribution in [-0.4, -0.2) is 29.8 Å². The minimum absolute atomic E-state index is 0.107. The number of carbonyl (C=O) groups excluding carboxylic acids is 2. The topological polar surface area (TPSA) is 49.4 Å². The van der Waals surface area contributed by atoms with Gasteiger partial charge in [0.2, 0.25) is 11.8 Å². The van der Waals surface area contributed by atoms with Crippen molar-refractivity contribution in [1.29, 1.82) is 0 Å². The molecule has 0 radical (unpaired) electrons. The Morgan fingerprint density at radius 2 is 1.81 bits per heavy atom. The van der Waals surface area contributed by atoms with Crippen LogP contribution < -0.4 is 5.32 Å². The number of hydrogen-bond acceptors (Lipinski definition) is 2. The molecule has 1 atom stereocenters. The molecule has 1 N–H and O–H groups in total. The molecular weight excluding hydrogens is 348 g/mol. The van der Waals surface area contributed by atoms with Gasteiger partial charge in [-0.2, -0.15) is 0 Å². The highest BCUT2D eigenvalue weighted by molar-refractivity contribution is 6.31. The molecule has 2 aromatic rings. The lowest BCUT2D eigenvalue weighted by Crippen LogP contribution is -2.47. The normalized spacial score (nSPS) is 11.7. The molecule has 0 saturated heterocycles. The monoisotopic (exact) mass is 372 g/mol. The van der Waals surface area contributed by atoms with E-state index in [1.807, 2.05) is 50.2 Å². The number of carbonyl (C=O) groups is 2. The second-order valence-corrected chi connectivity index (χ2v) is 6.91. The van der Waals surface area contributed by atoms with Crippen molar-refractivity contribution in [2.75, 3.05) is 7.05 Å². The quantitative estimate of drug-likeness (QED) is 0.841. The zero-order chi connectivity index (χ0) is 19.3. The van der Waals surface area contributed by atoms with Gasteiger partial charge in [0.15, 0.2) is 0 Å². The van der Waals surface area contributed by atoms with E-state index in [-0.39, 0.29) is 24.8 Å². The van der Waals surface area contributed by atoms with Crippen LogP contribution in [0.3, 0.4) is 0 Å². The van der Waals surface area contributed by atoms with Crippen molar-refractivity contribution in [3.05, 3.63) is 69.7 Å². The summed E-state index contributed by atoms with van der Waals surface area (Å²) in [4.78, 5) is 26.7. The Morgan fingerprint density at radius 3 is 2.42 bits per heavy atom. The molecule has 2 rings (SSSR count). The molecule has 0 aliphatic heterocycles. The summed E-state index contributed by atoms with van der Waals surface area (Å²) in [6, 6.07) is 12.8. The SMILES string of the molecule is CNC(=O)[C@H](C)N(Cc1ccccc1Cl)C(=O)Cc1ccc(C)c(C)c1. The maximum Gasteiger partial charge on any atom is 0.242 e. The molecule has 0 aliphatic rings. The molecule has 0 aromatic heterocycles. The molecule has 0 unspecified atom stereocenters. The fraction of sp³-hybridized carbons (Fsp3) is 0.333. The van der Waals surface area contributed by atoms with Crippen molar-refractivity contribution in [2.45, 2.75) is 39.8 Å². The highest BCUT2D eigenvalue weighted by Crippen LogP contribution is 2.20. The molecule has 26 heavy (non-hydrogen) atoms. The first kappa shape index (κ1) is 20.0. The Kier molecular flexibility index (Phi) is 6.81. The molecule has 138 valence electrons. The molecular formula is C21H25ClN2O2. The largest absolute Gasteiger partial charge is 0.357 e. The number of halogens is 1. The highest BCUT2D eigenvalue weighted by Gasteiger charge is 2.26. The van der Waals surface area contributed by atoms with E-state index in [2.05, 4.69) is 5.32 Å². The summed E-state index contributed by atoms with van der Waals surface area (Å²) in [5.41, 5.74) is 4.09. The van der Waals surface area contributed by atoms with Gasteiger partial charge in [-0.05, 0) is 49.1 Å². The standard InChI is InChI=1S/C21H25ClN2O2/c1-14-9-10-17(11-15(14)2)12-20(25)24(16(3)21(26)23-4)13-18-7-5-6-8-19(18)22/h5-11,16H,12-13H2,1-4H3,(H,23,26)/t16-/m0/s1. The molecule has 0 aliphatic carbocycles. The lowest BCUT2D eigenvalue weighted by atomic mass is 10.0. The molecule has 0 heterocycles. The number of amides is 2. The van der Waals surface area contributed by atoms with Crippen LogP contribution in [0, 0.1) is 13.8 Å². The van der Waals surface area contributed by atoms with Gasteiger partial charge >= 0.3 is 0 Å². The van der Waals surface area contributed by atoms with Gasteiger partial charge in [0.1, 0.15) is 6.04 Å². The summed E-state index contributed by atoms with van der Waals surface area (Å²) in [5, 5.41) is 3.20. The third-order valence-electron chi connectivity index (χ3n) is 4.64. The Bertz CT molecular complexity index is 804. The van der Waals surface area contributed by atoms with Gasteiger partial charge in [0.05, 0.1) is 6.42 Å². The van der Waals surface area contributed by atoms with Crippen LogP contribution in [-0.2, 0) is 22.6 Å². The van der Waals surface area contributed by atoms with Gasteiger partial charge < -0.3 is 10.2 Å². The van der Waals surface area contributed by atoms with Crippen molar-refractivity contribution in [3.63, 3.8) is 0 Å². The fourth-order valence-electron chi connectivity index (χ4n) is 2.79. The van der Waals surface area contributed by atoms with Gasteiger partial charge in [-0.15, -0.1) is 0 Å². The van der Waals surface area contributed by atoms with Crippen molar-refractivity contribution in [1.82, 2.24) is 10.2 Å². The van der Waals surface area contributed by atoms with E-state index in [0.717, 1.165) is 16.7 Å². The van der Waals surface area contributed by atoms with Crippen molar-refractivity contribution < 1.29 is 9.59 Å². The fourth-order valence-corrected chi connectivity index (χ4v) is 2.99. The van der Waals surface area contributed by atoms with Gasteiger partial charge in [0, 0.05) is 18.6 Å². The number of benzene rings is 2. The molecule has 5 heteroatoms. The van der Waals surface area contributed by atoms with Gasteiger partial charge in [0.25, 0.3) is 0 Å². The van der Waals surface area contributed by atoms with Crippen LogP contribution in [0.4, 0.5) is 0 Å². The van der Waals surface area contributed by atoms with Crippen LogP contribution in [0.2, 0.25) is 5.02 Å². The third kappa shape index (κ3) is 4.85. The lowest BCUT2D eigenvalue weighted by molar-refractivity contribution is -0.139. The van der Waals surface area contributed by atoms with Crippen LogP contribution in [0.1, 0.15) is 29.2 Å². The maximum absolute atomic E-state index is 13.0. The van der Waals surface area contributed by atoms with E-state index in [1.54, 1.807) is 24.9 Å². The van der Waals surface area contributed by atoms with Crippen LogP contribution in [0.15, 0.2) is 42.5 Å². The van der Waals surface area contributed by atoms with Gasteiger partial charge in [-0.3, -0.25) is 9.59 Å². The first-order valence-electron chi connectivity index (χ1n) is 8.64. The second kappa shape index (κ2) is 8.86. The average molecular weight is 373 g/mol. The summed E-state index contributed by atoms with van der Waals surface area (Å²) >= 11 is 6.25. The first-order chi connectivity index (χ1) is 12.3. The Balaban J connectivity index is 2.26.